The molecule has 2 aromatic rings. The van der Waals surface area contributed by atoms with Gasteiger partial charge < -0.3 is 14.7 Å². The summed E-state index contributed by atoms with van der Waals surface area (Å²) in [5.74, 6) is 1.09. The number of para-hydroxylation sites is 1. The highest BCUT2D eigenvalue weighted by Gasteiger charge is 2.20. The lowest BCUT2D eigenvalue weighted by Gasteiger charge is -2.22. The van der Waals surface area contributed by atoms with Crippen LogP contribution in [0, 0.1) is 0 Å². The van der Waals surface area contributed by atoms with Crippen LogP contribution in [0.15, 0.2) is 36.4 Å². The van der Waals surface area contributed by atoms with E-state index in [4.69, 9.17) is 0 Å². The van der Waals surface area contributed by atoms with Crippen molar-refractivity contribution in [1.82, 2.24) is 9.97 Å². The van der Waals surface area contributed by atoms with Crippen LogP contribution in [0.25, 0.3) is 0 Å². The van der Waals surface area contributed by atoms with Crippen LogP contribution in [0.3, 0.4) is 0 Å². The Morgan fingerprint density at radius 3 is 2.17 bits per heavy atom. The molecule has 1 aromatic heterocycles. The van der Waals surface area contributed by atoms with Gasteiger partial charge in [0.25, 0.3) is 5.91 Å². The van der Waals surface area contributed by atoms with Crippen molar-refractivity contribution < 1.29 is 4.79 Å². The summed E-state index contributed by atoms with van der Waals surface area (Å²) in [7, 11) is 7.51. The Bertz CT molecular complexity index is 644. The van der Waals surface area contributed by atoms with E-state index < -0.39 is 0 Å². The van der Waals surface area contributed by atoms with E-state index in [2.05, 4.69) is 9.97 Å². The van der Waals surface area contributed by atoms with E-state index in [1.165, 1.54) is 0 Å². The second-order valence-corrected chi connectivity index (χ2v) is 5.59. The second kappa shape index (κ2) is 7.09. The zero-order valence-corrected chi connectivity index (χ0v) is 14.3. The number of benzene rings is 1. The molecule has 0 aliphatic rings. The fourth-order valence-electron chi connectivity index (χ4n) is 2.15. The van der Waals surface area contributed by atoms with Gasteiger partial charge in [-0.05, 0) is 19.1 Å². The van der Waals surface area contributed by atoms with Crippen LogP contribution in [0.4, 0.5) is 17.5 Å². The van der Waals surface area contributed by atoms with Crippen molar-refractivity contribution in [1.29, 1.82) is 0 Å². The summed E-state index contributed by atoms with van der Waals surface area (Å²) >= 11 is 0. The van der Waals surface area contributed by atoms with Crippen LogP contribution in [-0.2, 0) is 0 Å². The minimum absolute atomic E-state index is 0.132. The van der Waals surface area contributed by atoms with Gasteiger partial charge >= 0.3 is 0 Å². The van der Waals surface area contributed by atoms with E-state index in [0.717, 1.165) is 5.69 Å². The van der Waals surface area contributed by atoms with Crippen LogP contribution >= 0.6 is 0 Å². The molecule has 0 bridgehead atoms. The normalized spacial score (nSPS) is 10.3. The maximum absolute atomic E-state index is 12.9. The van der Waals surface area contributed by atoms with Gasteiger partial charge in [0.15, 0.2) is 0 Å². The Balaban J connectivity index is 2.45. The number of carbonyl (C=O) groups is 1. The first-order valence-electron chi connectivity index (χ1n) is 7.54. The van der Waals surface area contributed by atoms with Crippen molar-refractivity contribution in [2.45, 2.75) is 6.92 Å². The van der Waals surface area contributed by atoms with Crippen molar-refractivity contribution in [2.75, 3.05) is 49.4 Å². The highest BCUT2D eigenvalue weighted by Crippen LogP contribution is 2.19. The molecule has 6 nitrogen and oxygen atoms in total. The summed E-state index contributed by atoms with van der Waals surface area (Å²) in [6, 6.07) is 11.3. The molecule has 0 saturated heterocycles. The van der Waals surface area contributed by atoms with E-state index >= 15 is 0 Å². The third-order valence-corrected chi connectivity index (χ3v) is 3.41. The van der Waals surface area contributed by atoms with Gasteiger partial charge in [-0.25, -0.2) is 4.98 Å². The maximum Gasteiger partial charge on any atom is 0.277 e. The Labute approximate surface area is 137 Å². The third-order valence-electron chi connectivity index (χ3n) is 3.41. The average molecular weight is 313 g/mol. The molecule has 23 heavy (non-hydrogen) atoms. The van der Waals surface area contributed by atoms with Gasteiger partial charge in [0.05, 0.1) is 0 Å². The quantitative estimate of drug-likeness (QED) is 0.847. The minimum atomic E-state index is -0.132. The smallest absolute Gasteiger partial charge is 0.277 e. The number of rotatable bonds is 5. The number of anilines is 3. The van der Waals surface area contributed by atoms with E-state index in [0.29, 0.717) is 24.0 Å². The third kappa shape index (κ3) is 3.77. The maximum atomic E-state index is 12.9. The zero-order valence-electron chi connectivity index (χ0n) is 14.3. The fraction of sp³-hybridized carbons (Fsp3) is 0.353. The lowest BCUT2D eigenvalue weighted by atomic mass is 10.2. The lowest BCUT2D eigenvalue weighted by molar-refractivity contribution is 0.0983. The molecule has 6 heteroatoms. The molecular weight excluding hydrogens is 290 g/mol. The van der Waals surface area contributed by atoms with Crippen molar-refractivity contribution in [3.8, 4) is 0 Å². The molecule has 0 unspecified atom stereocenters. The molecule has 0 atom stereocenters. The molecule has 122 valence electrons. The van der Waals surface area contributed by atoms with Crippen LogP contribution in [0.5, 0.6) is 0 Å². The molecule has 2 rings (SSSR count). The predicted molar refractivity (Wildman–Crippen MR) is 94.5 cm³/mol. The molecule has 1 amide bonds. The molecule has 0 saturated carbocycles. The topological polar surface area (TPSA) is 52.6 Å². The first-order valence-corrected chi connectivity index (χ1v) is 7.54. The number of amides is 1. The average Bonchev–Trinajstić information content (AvgIpc) is 2.55. The molecular formula is C17H23N5O. The summed E-state index contributed by atoms with van der Waals surface area (Å²) in [4.78, 5) is 27.1. The summed E-state index contributed by atoms with van der Waals surface area (Å²) in [5, 5.41) is 0. The molecule has 1 aromatic carbocycles. The molecule has 0 radical (unpaired) electrons. The van der Waals surface area contributed by atoms with E-state index in [1.807, 2.05) is 70.3 Å². The Kier molecular flexibility index (Phi) is 5.16. The van der Waals surface area contributed by atoms with Crippen molar-refractivity contribution in [2.24, 2.45) is 0 Å². The first kappa shape index (κ1) is 16.7. The minimum Gasteiger partial charge on any atom is -0.363 e. The molecule has 1 heterocycles. The van der Waals surface area contributed by atoms with Gasteiger partial charge in [0, 0.05) is 46.5 Å². The fourth-order valence-corrected chi connectivity index (χ4v) is 2.15. The van der Waals surface area contributed by atoms with Gasteiger partial charge in [-0.1, -0.05) is 18.2 Å². The monoisotopic (exact) mass is 313 g/mol. The van der Waals surface area contributed by atoms with Crippen molar-refractivity contribution in [3.63, 3.8) is 0 Å². The van der Waals surface area contributed by atoms with Gasteiger partial charge in [0.2, 0.25) is 5.95 Å². The lowest BCUT2D eigenvalue weighted by Crippen LogP contribution is -2.32. The summed E-state index contributed by atoms with van der Waals surface area (Å²) in [6.07, 6.45) is 0. The SMILES string of the molecule is CCN(C(=O)c1cc(N(C)C)nc(N(C)C)n1)c1ccccc1. The largest absolute Gasteiger partial charge is 0.363 e. The molecule has 0 N–H and O–H groups in total. The van der Waals surface area contributed by atoms with Gasteiger partial charge in [-0.15, -0.1) is 0 Å². The van der Waals surface area contributed by atoms with E-state index in [1.54, 1.807) is 15.9 Å². The Hall–Kier alpha value is -2.63. The highest BCUT2D eigenvalue weighted by atomic mass is 16.2. The Morgan fingerprint density at radius 1 is 1.00 bits per heavy atom. The molecule has 0 fully saturated rings. The number of carbonyl (C=O) groups excluding carboxylic acids is 1. The second-order valence-electron chi connectivity index (χ2n) is 5.59. The van der Waals surface area contributed by atoms with Gasteiger partial charge in [0.1, 0.15) is 11.5 Å². The number of hydrogen-bond acceptors (Lipinski definition) is 5. The Morgan fingerprint density at radius 2 is 1.65 bits per heavy atom. The number of hydrogen-bond donors (Lipinski definition) is 0. The summed E-state index contributed by atoms with van der Waals surface area (Å²) < 4.78 is 0. The van der Waals surface area contributed by atoms with E-state index in [-0.39, 0.29) is 5.91 Å². The van der Waals surface area contributed by atoms with Crippen LogP contribution in [-0.4, -0.2) is 50.6 Å². The number of nitrogens with zero attached hydrogens (tertiary/aromatic N) is 5. The molecule has 0 spiro atoms. The summed E-state index contributed by atoms with van der Waals surface area (Å²) in [5.41, 5.74) is 1.24. The zero-order chi connectivity index (χ0) is 17.0. The number of aromatic nitrogens is 2. The van der Waals surface area contributed by atoms with E-state index in [9.17, 15) is 4.79 Å². The standard InChI is InChI=1S/C17H23N5O/c1-6-22(13-10-8-7-9-11-13)16(23)14-12-15(20(2)3)19-17(18-14)21(4)5/h7-12H,6H2,1-5H3. The van der Waals surface area contributed by atoms with Crippen molar-refractivity contribution in [3.05, 3.63) is 42.1 Å². The van der Waals surface area contributed by atoms with Crippen LogP contribution < -0.4 is 14.7 Å². The predicted octanol–water partition coefficient (Wildman–Crippen LogP) is 2.28. The summed E-state index contributed by atoms with van der Waals surface area (Å²) in [6.45, 7) is 2.52. The van der Waals surface area contributed by atoms with Gasteiger partial charge in [-0.3, -0.25) is 4.79 Å². The first-order chi connectivity index (χ1) is 10.9. The molecule has 0 aliphatic carbocycles. The van der Waals surface area contributed by atoms with Crippen LogP contribution in [0.1, 0.15) is 17.4 Å². The van der Waals surface area contributed by atoms with Crippen LogP contribution in [0.2, 0.25) is 0 Å². The van der Waals surface area contributed by atoms with Crippen molar-refractivity contribution >= 4 is 23.4 Å². The van der Waals surface area contributed by atoms with Gasteiger partial charge in [-0.2, -0.15) is 4.98 Å². The highest BCUT2D eigenvalue weighted by molar-refractivity contribution is 6.05. The molecule has 0 aliphatic heterocycles.